The molecule has 0 spiro atoms. The molecule has 10 heteroatoms. The number of nitrogens with one attached hydrogen (secondary N) is 2. The Balaban J connectivity index is 1.70. The van der Waals surface area contributed by atoms with Crippen molar-refractivity contribution in [1.82, 2.24) is 14.7 Å². The van der Waals surface area contributed by atoms with Gasteiger partial charge in [-0.2, -0.15) is 0 Å². The number of rotatable bonds is 6. The van der Waals surface area contributed by atoms with E-state index in [1.54, 1.807) is 16.5 Å². The van der Waals surface area contributed by atoms with Gasteiger partial charge in [-0.15, -0.1) is 0 Å². The summed E-state index contributed by atoms with van der Waals surface area (Å²) in [4.78, 5) is 28.7. The van der Waals surface area contributed by atoms with Gasteiger partial charge < -0.3 is 19.8 Å². The molecule has 4 aromatic rings. The van der Waals surface area contributed by atoms with Crippen LogP contribution in [0.5, 0.6) is 11.5 Å². The van der Waals surface area contributed by atoms with E-state index in [1.807, 2.05) is 24.3 Å². The number of ether oxygens (including phenoxy) is 2. The van der Waals surface area contributed by atoms with Gasteiger partial charge in [0, 0.05) is 17.6 Å². The maximum Gasteiger partial charge on any atom is 0.265 e. The van der Waals surface area contributed by atoms with Crippen LogP contribution in [-0.2, 0) is 6.42 Å². The number of H-pyrrole nitrogens is 1. The van der Waals surface area contributed by atoms with Gasteiger partial charge >= 0.3 is 0 Å². The standard InChI is InChI=1S/C21H18ClN3O4S2/c1-28-15-9-13-14(10-16(15)29-2)25-18(24-19(13)26)17(31-21(25)30)20(27)23-8-7-11-3-5-12(22)6-4-11/h3-6,9-10H,7-8H2,1-2H3,(H,23,27)(H,24,26). The van der Waals surface area contributed by atoms with E-state index in [-0.39, 0.29) is 11.5 Å². The van der Waals surface area contributed by atoms with Gasteiger partial charge in [0.05, 0.1) is 25.1 Å². The molecule has 0 saturated carbocycles. The summed E-state index contributed by atoms with van der Waals surface area (Å²) in [6.07, 6.45) is 0.649. The highest BCUT2D eigenvalue weighted by molar-refractivity contribution is 7.73. The molecule has 0 aliphatic heterocycles. The van der Waals surface area contributed by atoms with Crippen LogP contribution in [0.25, 0.3) is 16.6 Å². The number of fused-ring (bicyclic) bond motifs is 3. The van der Waals surface area contributed by atoms with Gasteiger partial charge in [-0.05, 0) is 42.4 Å². The lowest BCUT2D eigenvalue weighted by Gasteiger charge is -2.10. The summed E-state index contributed by atoms with van der Waals surface area (Å²) in [6.45, 7) is 0.431. The Kier molecular flexibility index (Phi) is 5.99. The van der Waals surface area contributed by atoms with Crippen LogP contribution >= 0.6 is 35.2 Å². The fourth-order valence-electron chi connectivity index (χ4n) is 3.32. The Morgan fingerprint density at radius 3 is 2.55 bits per heavy atom. The third-order valence-electron chi connectivity index (χ3n) is 4.85. The first-order chi connectivity index (χ1) is 14.9. The summed E-state index contributed by atoms with van der Waals surface area (Å²) in [6, 6.07) is 10.7. The highest BCUT2D eigenvalue weighted by Crippen LogP contribution is 2.32. The normalized spacial score (nSPS) is 11.1. The smallest absolute Gasteiger partial charge is 0.265 e. The van der Waals surface area contributed by atoms with E-state index in [2.05, 4.69) is 10.3 Å². The van der Waals surface area contributed by atoms with E-state index in [0.717, 1.165) is 16.9 Å². The first kappa shape index (κ1) is 21.4. The summed E-state index contributed by atoms with van der Waals surface area (Å²) in [7, 11) is 3.01. The first-order valence-corrected chi connectivity index (χ1v) is 10.9. The molecule has 160 valence electrons. The number of amides is 1. The Morgan fingerprint density at radius 1 is 1.19 bits per heavy atom. The van der Waals surface area contributed by atoms with E-state index in [1.165, 1.54) is 14.2 Å². The molecule has 2 aromatic heterocycles. The van der Waals surface area contributed by atoms with Crippen LogP contribution in [0.3, 0.4) is 0 Å². The minimum atomic E-state index is -0.348. The van der Waals surface area contributed by atoms with Crippen molar-refractivity contribution < 1.29 is 14.3 Å². The molecule has 0 bridgehead atoms. The van der Waals surface area contributed by atoms with Crippen molar-refractivity contribution in [3.63, 3.8) is 0 Å². The van der Waals surface area contributed by atoms with E-state index in [9.17, 15) is 9.59 Å². The van der Waals surface area contributed by atoms with E-state index in [4.69, 9.17) is 33.3 Å². The van der Waals surface area contributed by atoms with Gasteiger partial charge in [0.25, 0.3) is 11.5 Å². The fourth-order valence-corrected chi connectivity index (χ4v) is 4.75. The third-order valence-corrected chi connectivity index (χ3v) is 6.47. The number of carbonyl (C=O) groups excluding carboxylic acids is 1. The topological polar surface area (TPSA) is 84.8 Å². The predicted octanol–water partition coefficient (Wildman–Crippen LogP) is 4.21. The molecule has 2 heterocycles. The van der Waals surface area contributed by atoms with Gasteiger partial charge in [0.1, 0.15) is 10.5 Å². The average molecular weight is 476 g/mol. The van der Waals surface area contributed by atoms with Crippen molar-refractivity contribution in [3.05, 3.63) is 66.2 Å². The minimum Gasteiger partial charge on any atom is -0.493 e. The summed E-state index contributed by atoms with van der Waals surface area (Å²) < 4.78 is 12.8. The van der Waals surface area contributed by atoms with Gasteiger partial charge in [-0.3, -0.25) is 14.0 Å². The molecule has 4 rings (SSSR count). The molecule has 2 aromatic carbocycles. The molecule has 0 saturated heterocycles. The Hall–Kier alpha value is -2.88. The molecular weight excluding hydrogens is 458 g/mol. The lowest BCUT2D eigenvalue weighted by molar-refractivity contribution is 0.0959. The van der Waals surface area contributed by atoms with Crippen molar-refractivity contribution in [2.24, 2.45) is 0 Å². The van der Waals surface area contributed by atoms with Crippen molar-refractivity contribution in [2.75, 3.05) is 20.8 Å². The second-order valence-electron chi connectivity index (χ2n) is 6.69. The van der Waals surface area contributed by atoms with Crippen LogP contribution in [0.1, 0.15) is 15.2 Å². The summed E-state index contributed by atoms with van der Waals surface area (Å²) in [5.41, 5.74) is 1.60. The number of benzene rings is 2. The molecule has 0 fully saturated rings. The maximum absolute atomic E-state index is 12.8. The lowest BCUT2D eigenvalue weighted by atomic mass is 10.1. The number of aromatic nitrogens is 2. The molecule has 0 aliphatic rings. The van der Waals surface area contributed by atoms with Crippen LogP contribution in [0, 0.1) is 3.95 Å². The number of carbonyl (C=O) groups is 1. The Bertz CT molecular complexity index is 1410. The van der Waals surface area contributed by atoms with Crippen LogP contribution in [-0.4, -0.2) is 36.1 Å². The monoisotopic (exact) mass is 475 g/mol. The van der Waals surface area contributed by atoms with Crippen LogP contribution in [0.4, 0.5) is 0 Å². The largest absolute Gasteiger partial charge is 0.493 e. The van der Waals surface area contributed by atoms with Crippen molar-refractivity contribution >= 4 is 57.6 Å². The average Bonchev–Trinajstić information content (AvgIpc) is 3.10. The van der Waals surface area contributed by atoms with Gasteiger partial charge in [-0.1, -0.05) is 35.1 Å². The number of halogens is 1. The molecule has 31 heavy (non-hydrogen) atoms. The Morgan fingerprint density at radius 2 is 1.87 bits per heavy atom. The SMILES string of the molecule is COc1cc2c(=O)[nH]c3c(C(=O)NCCc4ccc(Cl)cc4)sc(=S)n3c2cc1OC. The van der Waals surface area contributed by atoms with E-state index >= 15 is 0 Å². The highest BCUT2D eigenvalue weighted by Gasteiger charge is 2.19. The van der Waals surface area contributed by atoms with Gasteiger partial charge in [0.15, 0.2) is 15.5 Å². The molecule has 0 unspecified atom stereocenters. The number of hydrogen-bond acceptors (Lipinski definition) is 6. The molecule has 2 N–H and O–H groups in total. The van der Waals surface area contributed by atoms with Crippen LogP contribution in [0.2, 0.25) is 5.02 Å². The number of hydrogen-bond donors (Lipinski definition) is 2. The number of methoxy groups -OCH3 is 2. The van der Waals surface area contributed by atoms with Gasteiger partial charge in [0.2, 0.25) is 0 Å². The number of aromatic amines is 1. The summed E-state index contributed by atoms with van der Waals surface area (Å²) >= 11 is 12.5. The zero-order valence-electron chi connectivity index (χ0n) is 16.7. The first-order valence-electron chi connectivity index (χ1n) is 9.29. The molecule has 0 atom stereocenters. The number of nitrogens with zero attached hydrogens (tertiary/aromatic N) is 1. The Labute approximate surface area is 191 Å². The van der Waals surface area contributed by atoms with Crippen molar-refractivity contribution in [1.29, 1.82) is 0 Å². The zero-order valence-corrected chi connectivity index (χ0v) is 19.0. The fraction of sp³-hybridized carbons (Fsp3) is 0.190. The molecule has 0 radical (unpaired) electrons. The maximum atomic E-state index is 12.8. The molecule has 0 aliphatic carbocycles. The second-order valence-corrected chi connectivity index (χ2v) is 8.77. The summed E-state index contributed by atoms with van der Waals surface area (Å²) in [5, 5.41) is 3.94. The third kappa shape index (κ3) is 4.04. The second kappa shape index (κ2) is 8.70. The lowest BCUT2D eigenvalue weighted by Crippen LogP contribution is -2.25. The van der Waals surface area contributed by atoms with Gasteiger partial charge in [-0.25, -0.2) is 0 Å². The molecule has 1 amide bonds. The van der Waals surface area contributed by atoms with Crippen LogP contribution in [0.15, 0.2) is 41.2 Å². The highest BCUT2D eigenvalue weighted by atomic mass is 35.5. The molecular formula is C21H18ClN3O4S2. The quantitative estimate of drug-likeness (QED) is 0.408. The van der Waals surface area contributed by atoms with Crippen molar-refractivity contribution in [2.45, 2.75) is 6.42 Å². The minimum absolute atomic E-state index is 0.303. The predicted molar refractivity (Wildman–Crippen MR) is 125 cm³/mol. The van der Waals surface area contributed by atoms with E-state index in [0.29, 0.717) is 54.9 Å². The summed E-state index contributed by atoms with van der Waals surface area (Å²) in [5.74, 6) is 0.591. The number of thiazole rings is 1. The van der Waals surface area contributed by atoms with Crippen molar-refractivity contribution in [3.8, 4) is 11.5 Å². The van der Waals surface area contributed by atoms with E-state index < -0.39 is 0 Å². The van der Waals surface area contributed by atoms with Crippen LogP contribution < -0.4 is 20.3 Å². The zero-order chi connectivity index (χ0) is 22.1. The molecule has 7 nitrogen and oxygen atoms in total.